The van der Waals surface area contributed by atoms with E-state index in [1.807, 2.05) is 45.1 Å². The number of rotatable bonds is 2. The van der Waals surface area contributed by atoms with Crippen molar-refractivity contribution in [1.29, 1.82) is 0 Å². The van der Waals surface area contributed by atoms with E-state index in [0.29, 0.717) is 0 Å². The number of pyridine rings is 1. The number of anilines is 1. The minimum Gasteiger partial charge on any atom is -0.363 e. The average Bonchev–Trinajstić information content (AvgIpc) is 2.20. The normalized spacial score (nSPS) is 8.69. The Morgan fingerprint density at radius 1 is 1.31 bits per heavy atom. The van der Waals surface area contributed by atoms with Gasteiger partial charge in [0.05, 0.1) is 0 Å². The van der Waals surface area contributed by atoms with Gasteiger partial charge in [0.1, 0.15) is 5.82 Å². The lowest BCUT2D eigenvalue weighted by atomic mass is 10.2. The second-order valence-corrected chi connectivity index (χ2v) is 2.73. The first-order chi connectivity index (χ1) is 6.25. The first-order valence-electron chi connectivity index (χ1n) is 4.87. The molecule has 0 atom stereocenters. The van der Waals surface area contributed by atoms with Gasteiger partial charge in [0.25, 0.3) is 0 Å². The van der Waals surface area contributed by atoms with Crippen molar-refractivity contribution in [2.45, 2.75) is 27.2 Å². The summed E-state index contributed by atoms with van der Waals surface area (Å²) in [4.78, 5) is 6.32. The maximum absolute atomic E-state index is 4.27. The zero-order valence-corrected chi connectivity index (χ0v) is 9.33. The molecule has 2 heteroatoms. The van der Waals surface area contributed by atoms with E-state index in [1.165, 1.54) is 5.56 Å². The summed E-state index contributed by atoms with van der Waals surface area (Å²) in [7, 11) is 4.03. The van der Waals surface area contributed by atoms with E-state index >= 15 is 0 Å². The summed E-state index contributed by atoms with van der Waals surface area (Å²) in [6, 6.07) is 4.09. The minimum atomic E-state index is 1.04. The highest BCUT2D eigenvalue weighted by molar-refractivity contribution is 5.44. The van der Waals surface area contributed by atoms with E-state index in [1.54, 1.807) is 0 Å². The zero-order chi connectivity index (χ0) is 10.3. The second-order valence-electron chi connectivity index (χ2n) is 2.73. The SMILES string of the molecule is CC.CCc1cccnc1N(C)C. The Morgan fingerprint density at radius 3 is 2.31 bits per heavy atom. The molecule has 74 valence electrons. The molecule has 0 radical (unpaired) electrons. The summed E-state index contributed by atoms with van der Waals surface area (Å²) >= 11 is 0. The molecule has 0 saturated heterocycles. The van der Waals surface area contributed by atoms with Gasteiger partial charge in [0, 0.05) is 20.3 Å². The molecule has 0 unspecified atom stereocenters. The van der Waals surface area contributed by atoms with Crippen molar-refractivity contribution in [3.8, 4) is 0 Å². The molecule has 0 N–H and O–H groups in total. The molecule has 0 aromatic carbocycles. The van der Waals surface area contributed by atoms with Crippen LogP contribution in [0.3, 0.4) is 0 Å². The van der Waals surface area contributed by atoms with Gasteiger partial charge in [-0.2, -0.15) is 0 Å². The highest BCUT2D eigenvalue weighted by atomic mass is 15.1. The van der Waals surface area contributed by atoms with Gasteiger partial charge < -0.3 is 4.90 Å². The molecule has 1 heterocycles. The number of hydrogen-bond donors (Lipinski definition) is 0. The van der Waals surface area contributed by atoms with E-state index in [0.717, 1.165) is 12.2 Å². The molecule has 1 aromatic heterocycles. The van der Waals surface area contributed by atoms with E-state index in [2.05, 4.69) is 18.0 Å². The van der Waals surface area contributed by atoms with E-state index in [-0.39, 0.29) is 0 Å². The summed E-state index contributed by atoms with van der Waals surface area (Å²) in [5.74, 6) is 1.08. The van der Waals surface area contributed by atoms with Crippen LogP contribution >= 0.6 is 0 Å². The van der Waals surface area contributed by atoms with Crippen LogP contribution in [0.4, 0.5) is 5.82 Å². The van der Waals surface area contributed by atoms with Crippen LogP contribution in [0.25, 0.3) is 0 Å². The Hall–Kier alpha value is -1.05. The molecule has 0 aliphatic heterocycles. The Bertz CT molecular complexity index is 231. The molecule has 0 aliphatic rings. The maximum Gasteiger partial charge on any atom is 0.131 e. The highest BCUT2D eigenvalue weighted by Gasteiger charge is 2.00. The molecule has 2 nitrogen and oxygen atoms in total. The predicted molar refractivity (Wildman–Crippen MR) is 59.3 cm³/mol. The fourth-order valence-corrected chi connectivity index (χ4v) is 1.11. The Kier molecular flexibility index (Phi) is 5.94. The molecule has 0 spiro atoms. The molecule has 0 aliphatic carbocycles. The predicted octanol–water partition coefficient (Wildman–Crippen LogP) is 2.74. The summed E-state index contributed by atoms with van der Waals surface area (Å²) in [5.41, 5.74) is 1.30. The number of aromatic nitrogens is 1. The van der Waals surface area contributed by atoms with Crippen LogP contribution in [-0.2, 0) is 6.42 Å². The standard InChI is InChI=1S/C9H14N2.C2H6/c1-4-8-6-5-7-10-9(8)11(2)3;1-2/h5-7H,4H2,1-3H3;1-2H3. The third-order valence-corrected chi connectivity index (χ3v) is 1.67. The summed E-state index contributed by atoms with van der Waals surface area (Å²) in [6.45, 7) is 6.14. The first-order valence-corrected chi connectivity index (χ1v) is 4.87. The molecule has 0 bridgehead atoms. The second kappa shape index (κ2) is 6.46. The third-order valence-electron chi connectivity index (χ3n) is 1.67. The molecular formula is C11H20N2. The monoisotopic (exact) mass is 180 g/mol. The van der Waals surface area contributed by atoms with Crippen LogP contribution in [0.5, 0.6) is 0 Å². The van der Waals surface area contributed by atoms with Gasteiger partial charge in [0.15, 0.2) is 0 Å². The van der Waals surface area contributed by atoms with Gasteiger partial charge in [-0.15, -0.1) is 0 Å². The lowest BCUT2D eigenvalue weighted by molar-refractivity contribution is 1.01. The van der Waals surface area contributed by atoms with E-state index in [4.69, 9.17) is 0 Å². The molecule has 1 aromatic rings. The Labute approximate surface area is 81.6 Å². The van der Waals surface area contributed by atoms with Crippen molar-refractivity contribution in [3.05, 3.63) is 23.9 Å². The summed E-state index contributed by atoms with van der Waals surface area (Å²) in [6.07, 6.45) is 2.87. The summed E-state index contributed by atoms with van der Waals surface area (Å²) < 4.78 is 0. The lowest BCUT2D eigenvalue weighted by Gasteiger charge is -2.14. The van der Waals surface area contributed by atoms with Crippen LogP contribution < -0.4 is 4.90 Å². The molecule has 0 amide bonds. The van der Waals surface area contributed by atoms with Gasteiger partial charge in [-0.3, -0.25) is 0 Å². The van der Waals surface area contributed by atoms with Gasteiger partial charge in [-0.05, 0) is 18.1 Å². The average molecular weight is 180 g/mol. The Morgan fingerprint density at radius 2 is 1.92 bits per heavy atom. The zero-order valence-electron chi connectivity index (χ0n) is 9.33. The number of nitrogens with zero attached hydrogens (tertiary/aromatic N) is 2. The number of aryl methyl sites for hydroxylation is 1. The van der Waals surface area contributed by atoms with Crippen LogP contribution in [0.15, 0.2) is 18.3 Å². The molecule has 1 rings (SSSR count). The molecule has 0 fully saturated rings. The van der Waals surface area contributed by atoms with Crippen LogP contribution in [0, 0.1) is 0 Å². The van der Waals surface area contributed by atoms with E-state index in [9.17, 15) is 0 Å². The van der Waals surface area contributed by atoms with Crippen molar-refractivity contribution >= 4 is 5.82 Å². The van der Waals surface area contributed by atoms with E-state index < -0.39 is 0 Å². The summed E-state index contributed by atoms with van der Waals surface area (Å²) in [5, 5.41) is 0. The molecular weight excluding hydrogens is 160 g/mol. The van der Waals surface area contributed by atoms with Gasteiger partial charge in [-0.25, -0.2) is 4.98 Å². The maximum atomic E-state index is 4.27. The topological polar surface area (TPSA) is 16.1 Å². The number of hydrogen-bond acceptors (Lipinski definition) is 2. The molecule has 13 heavy (non-hydrogen) atoms. The largest absolute Gasteiger partial charge is 0.363 e. The Balaban J connectivity index is 0.000000671. The van der Waals surface area contributed by atoms with Crippen molar-refractivity contribution < 1.29 is 0 Å². The quantitative estimate of drug-likeness (QED) is 0.695. The van der Waals surface area contributed by atoms with Crippen molar-refractivity contribution in [3.63, 3.8) is 0 Å². The fourth-order valence-electron chi connectivity index (χ4n) is 1.11. The van der Waals surface area contributed by atoms with Gasteiger partial charge in [0.2, 0.25) is 0 Å². The smallest absolute Gasteiger partial charge is 0.131 e. The van der Waals surface area contributed by atoms with Gasteiger partial charge >= 0.3 is 0 Å². The van der Waals surface area contributed by atoms with Crippen molar-refractivity contribution in [2.75, 3.05) is 19.0 Å². The van der Waals surface area contributed by atoms with Crippen LogP contribution in [-0.4, -0.2) is 19.1 Å². The van der Waals surface area contributed by atoms with Crippen LogP contribution in [0.1, 0.15) is 26.3 Å². The lowest BCUT2D eigenvalue weighted by Crippen LogP contribution is -2.12. The third kappa shape index (κ3) is 3.45. The highest BCUT2D eigenvalue weighted by Crippen LogP contribution is 2.13. The van der Waals surface area contributed by atoms with Crippen molar-refractivity contribution in [2.24, 2.45) is 0 Å². The fraction of sp³-hybridized carbons (Fsp3) is 0.545. The van der Waals surface area contributed by atoms with Crippen LogP contribution in [0.2, 0.25) is 0 Å². The minimum absolute atomic E-state index is 1.04. The molecule has 0 saturated carbocycles. The first kappa shape index (κ1) is 11.9. The van der Waals surface area contributed by atoms with Gasteiger partial charge in [-0.1, -0.05) is 26.8 Å². The van der Waals surface area contributed by atoms with Crippen molar-refractivity contribution in [1.82, 2.24) is 4.98 Å².